The molecule has 5 N–H and O–H groups in total. The first-order valence-corrected chi connectivity index (χ1v) is 16.1. The molecule has 4 aromatic rings. The highest BCUT2D eigenvalue weighted by Gasteiger charge is 2.12. The van der Waals surface area contributed by atoms with Crippen LogP contribution in [0.15, 0.2) is 109 Å². The molecule has 46 heavy (non-hydrogen) atoms. The van der Waals surface area contributed by atoms with Crippen LogP contribution in [0.3, 0.4) is 0 Å². The normalized spacial score (nSPS) is 12.2. The first-order valence-electron chi connectivity index (χ1n) is 15.3. The summed E-state index contributed by atoms with van der Waals surface area (Å²) in [6, 6.07) is 26.9. The van der Waals surface area contributed by atoms with Gasteiger partial charge in [0.1, 0.15) is 10.8 Å². The third-order valence-electron chi connectivity index (χ3n) is 7.14. The Kier molecular flexibility index (Phi) is 11.7. The number of nitrogens with zero attached hydrogens (tertiary/aromatic N) is 2. The van der Waals surface area contributed by atoms with Crippen LogP contribution in [0, 0.1) is 0 Å². The van der Waals surface area contributed by atoms with Crippen LogP contribution in [0.1, 0.15) is 46.5 Å². The van der Waals surface area contributed by atoms with Crippen LogP contribution >= 0.6 is 11.3 Å². The number of aromatic nitrogens is 2. The molecule has 3 aromatic carbocycles. The minimum atomic E-state index is -0.167. The van der Waals surface area contributed by atoms with Crippen LogP contribution in [0.4, 0.5) is 5.13 Å². The highest BCUT2D eigenvalue weighted by atomic mass is 32.1. The number of hydrogen-bond acceptors (Lipinski definition) is 8. The average molecular weight is 636 g/mol. The summed E-state index contributed by atoms with van der Waals surface area (Å²) >= 11 is 1.39. The molecule has 0 spiro atoms. The second-order valence-corrected chi connectivity index (χ2v) is 12.0. The lowest BCUT2D eigenvalue weighted by atomic mass is 10.1. The molecule has 1 aromatic heterocycles. The summed E-state index contributed by atoms with van der Waals surface area (Å²) in [5.41, 5.74) is 10.9. The zero-order valence-electron chi connectivity index (χ0n) is 25.4. The van der Waals surface area contributed by atoms with E-state index in [0.717, 1.165) is 58.6 Å². The maximum Gasteiger partial charge on any atom is 0.230 e. The molecule has 2 heterocycles. The van der Waals surface area contributed by atoms with E-state index in [-0.39, 0.29) is 24.1 Å². The number of aryl methyl sites for hydroxylation is 1. The fourth-order valence-electron chi connectivity index (χ4n) is 4.85. The van der Waals surface area contributed by atoms with Crippen LogP contribution in [0.25, 0.3) is 0 Å². The molecule has 3 amide bonds. The molecule has 0 unspecified atom stereocenters. The fourth-order valence-corrected chi connectivity index (χ4v) is 5.65. The molecule has 11 heteroatoms. The molecule has 236 valence electrons. The van der Waals surface area contributed by atoms with Gasteiger partial charge in [-0.1, -0.05) is 96.3 Å². The van der Waals surface area contributed by atoms with Crippen LogP contribution in [0.5, 0.6) is 0 Å². The molecular weight excluding hydrogens is 598 g/mol. The number of amides is 3. The quantitative estimate of drug-likeness (QED) is 0.122. The molecule has 0 aliphatic carbocycles. The zero-order valence-corrected chi connectivity index (χ0v) is 26.2. The standard InChI is InChI=1S/C35H37N7O3S/c43-31(21-25-10-3-1-4-11-25)36-24-28-15-9-14-27(20-28)23-33(45)38-35-42-41-34(46-35)17-8-7-16-29-18-19-30(40-39-29)37-32(44)22-26-12-5-2-6-13-26/h1-6,9-15,18-20,39-40H,7-8,16-17,21-24H2,(H,36,43)(H,37,44)(H,38,42,45). The third-order valence-corrected chi connectivity index (χ3v) is 8.04. The van der Waals surface area contributed by atoms with Crippen molar-refractivity contribution >= 4 is 34.2 Å². The molecule has 0 saturated carbocycles. The number of hydrogen-bond donors (Lipinski definition) is 5. The Morgan fingerprint density at radius 1 is 0.630 bits per heavy atom. The van der Waals surface area contributed by atoms with Gasteiger partial charge in [-0.05, 0) is 53.7 Å². The second-order valence-electron chi connectivity index (χ2n) is 10.9. The number of benzene rings is 3. The number of anilines is 1. The zero-order chi connectivity index (χ0) is 32.0. The van der Waals surface area contributed by atoms with Crippen LogP contribution in [0.2, 0.25) is 0 Å². The Morgan fingerprint density at radius 3 is 1.98 bits per heavy atom. The van der Waals surface area contributed by atoms with E-state index in [4.69, 9.17) is 0 Å². The van der Waals surface area contributed by atoms with Gasteiger partial charge >= 0.3 is 0 Å². The predicted octanol–water partition coefficient (Wildman–Crippen LogP) is 4.48. The highest BCUT2D eigenvalue weighted by molar-refractivity contribution is 7.15. The monoisotopic (exact) mass is 635 g/mol. The van der Waals surface area contributed by atoms with Crippen LogP contribution in [-0.2, 0) is 46.6 Å². The molecule has 5 rings (SSSR count). The van der Waals surface area contributed by atoms with Gasteiger partial charge in [0.2, 0.25) is 22.9 Å². The van der Waals surface area contributed by atoms with E-state index in [1.165, 1.54) is 11.3 Å². The summed E-state index contributed by atoms with van der Waals surface area (Å²) in [6.07, 6.45) is 8.13. The topological polar surface area (TPSA) is 137 Å². The van der Waals surface area contributed by atoms with Gasteiger partial charge in [0.05, 0.1) is 19.3 Å². The Bertz CT molecular complexity index is 1690. The maximum absolute atomic E-state index is 12.7. The van der Waals surface area contributed by atoms with E-state index in [9.17, 15) is 14.4 Å². The first kappa shape index (κ1) is 32.1. The lowest BCUT2D eigenvalue weighted by Crippen LogP contribution is -2.41. The van der Waals surface area contributed by atoms with Gasteiger partial charge in [0.15, 0.2) is 0 Å². The molecule has 1 aliphatic heterocycles. The van der Waals surface area contributed by atoms with Gasteiger partial charge in [-0.2, -0.15) is 0 Å². The molecule has 0 bridgehead atoms. The van der Waals surface area contributed by atoms with E-state index < -0.39 is 0 Å². The molecule has 0 saturated heterocycles. The van der Waals surface area contributed by atoms with Gasteiger partial charge in [0.25, 0.3) is 0 Å². The number of carbonyl (C=O) groups is 3. The lowest BCUT2D eigenvalue weighted by Gasteiger charge is -2.20. The summed E-state index contributed by atoms with van der Waals surface area (Å²) in [5, 5.41) is 18.4. The van der Waals surface area contributed by atoms with E-state index in [0.29, 0.717) is 30.3 Å². The second kappa shape index (κ2) is 16.7. The molecule has 10 nitrogen and oxygen atoms in total. The highest BCUT2D eigenvalue weighted by Crippen LogP contribution is 2.19. The Hall–Kier alpha value is -5.29. The number of allylic oxidation sites excluding steroid dienone is 3. The van der Waals surface area contributed by atoms with Gasteiger partial charge in [-0.25, -0.2) is 0 Å². The van der Waals surface area contributed by atoms with E-state index >= 15 is 0 Å². The van der Waals surface area contributed by atoms with E-state index in [1.807, 2.05) is 97.1 Å². The maximum atomic E-state index is 12.7. The van der Waals surface area contributed by atoms with Crippen LogP contribution < -0.4 is 26.8 Å². The van der Waals surface area contributed by atoms with Crippen molar-refractivity contribution in [1.29, 1.82) is 0 Å². The number of hydrazine groups is 1. The molecular formula is C35H37N7O3S. The SMILES string of the molecule is O=C(Cc1ccccc1)NCc1cccc(CC(=O)Nc2nnc(CCCCC3=CC=C(NC(=O)Cc4ccccc4)NN3)s2)c1. The first-order chi connectivity index (χ1) is 22.5. The Morgan fingerprint density at radius 2 is 1.26 bits per heavy atom. The number of rotatable bonds is 15. The van der Waals surface area contributed by atoms with Crippen LogP contribution in [-0.4, -0.2) is 27.9 Å². The van der Waals surface area contributed by atoms with E-state index in [1.54, 1.807) is 0 Å². The van der Waals surface area contributed by atoms with Crippen molar-refractivity contribution in [3.05, 3.63) is 136 Å². The van der Waals surface area contributed by atoms with Gasteiger partial charge in [-0.3, -0.25) is 19.8 Å². The Balaban J connectivity index is 0.980. The minimum absolute atomic E-state index is 0.0473. The number of unbranched alkanes of at least 4 members (excludes halogenated alkanes) is 1. The van der Waals surface area contributed by atoms with E-state index in [2.05, 4.69) is 37.0 Å². The summed E-state index contributed by atoms with van der Waals surface area (Å²) < 4.78 is 0. The van der Waals surface area contributed by atoms with Crippen molar-refractivity contribution < 1.29 is 14.4 Å². The molecule has 0 atom stereocenters. The summed E-state index contributed by atoms with van der Waals surface area (Å²) in [4.78, 5) is 37.2. The number of nitrogens with one attached hydrogen (secondary N) is 5. The van der Waals surface area contributed by atoms with Gasteiger partial charge in [0, 0.05) is 18.7 Å². The molecule has 0 fully saturated rings. The van der Waals surface area contributed by atoms with Gasteiger partial charge < -0.3 is 21.4 Å². The number of carbonyl (C=O) groups excluding carboxylic acids is 3. The predicted molar refractivity (Wildman–Crippen MR) is 179 cm³/mol. The third kappa shape index (κ3) is 10.7. The van der Waals surface area contributed by atoms with Gasteiger partial charge in [-0.15, -0.1) is 10.2 Å². The van der Waals surface area contributed by atoms with Crippen molar-refractivity contribution in [2.24, 2.45) is 0 Å². The molecule has 1 aliphatic rings. The summed E-state index contributed by atoms with van der Waals surface area (Å²) in [6.45, 7) is 0.399. The Labute approximate surface area is 272 Å². The molecule has 0 radical (unpaired) electrons. The summed E-state index contributed by atoms with van der Waals surface area (Å²) in [7, 11) is 0. The van der Waals surface area contributed by atoms with Crippen molar-refractivity contribution in [2.45, 2.75) is 51.5 Å². The van der Waals surface area contributed by atoms with Crippen molar-refractivity contribution in [2.75, 3.05) is 5.32 Å². The fraction of sp³-hybridized carbons (Fsp3) is 0.229. The van der Waals surface area contributed by atoms with Crippen molar-refractivity contribution in [3.63, 3.8) is 0 Å². The lowest BCUT2D eigenvalue weighted by molar-refractivity contribution is -0.121. The largest absolute Gasteiger partial charge is 0.352 e. The minimum Gasteiger partial charge on any atom is -0.352 e. The van der Waals surface area contributed by atoms with Crippen molar-refractivity contribution in [3.8, 4) is 0 Å². The summed E-state index contributed by atoms with van der Waals surface area (Å²) in [5.74, 6) is 0.319. The smallest absolute Gasteiger partial charge is 0.230 e. The average Bonchev–Trinajstić information content (AvgIpc) is 3.50. The van der Waals surface area contributed by atoms with Crippen molar-refractivity contribution in [1.82, 2.24) is 31.7 Å².